The molecule has 19 heavy (non-hydrogen) atoms. The van der Waals surface area contributed by atoms with Gasteiger partial charge in [0.25, 0.3) is 0 Å². The molecule has 0 spiro atoms. The molecule has 0 saturated heterocycles. The van der Waals surface area contributed by atoms with E-state index < -0.39 is 26.6 Å². The Balaban J connectivity index is 2.45. The lowest BCUT2D eigenvalue weighted by Gasteiger charge is -1.99. The quantitative estimate of drug-likeness (QED) is 0.883. The number of benzene rings is 1. The summed E-state index contributed by atoms with van der Waals surface area (Å²) in [6.07, 6.45) is 0. The van der Waals surface area contributed by atoms with Crippen LogP contribution < -0.4 is 5.14 Å². The number of hydrogen-bond acceptors (Lipinski definition) is 4. The average Bonchev–Trinajstić information content (AvgIpc) is 2.71. The van der Waals surface area contributed by atoms with Crippen LogP contribution in [-0.4, -0.2) is 12.6 Å². The average molecular weight is 384 g/mol. The summed E-state index contributed by atoms with van der Waals surface area (Å²) >= 11 is 3.97. The van der Waals surface area contributed by atoms with Crippen LogP contribution in [0.15, 0.2) is 48.1 Å². The number of rotatable bonds is 3. The van der Waals surface area contributed by atoms with E-state index in [0.717, 1.165) is 11.3 Å². The van der Waals surface area contributed by atoms with Gasteiger partial charge in [-0.3, -0.25) is 0 Å². The van der Waals surface area contributed by atoms with Crippen LogP contribution >= 0.6 is 27.3 Å². The topological polar surface area (TPSA) is 77.2 Å². The van der Waals surface area contributed by atoms with E-state index in [2.05, 4.69) is 15.9 Å². The molecular weight excluding hydrogens is 377 g/mol. The van der Waals surface area contributed by atoms with Crippen LogP contribution in [0, 0.1) is 5.82 Å². The third-order valence-corrected chi connectivity index (χ3v) is 7.57. The van der Waals surface area contributed by atoms with Crippen molar-refractivity contribution < 1.29 is 17.0 Å². The number of sulfonamides is 1. The summed E-state index contributed by atoms with van der Waals surface area (Å²) in [4.78, 5) is 0.380. The molecule has 0 unspecified atom stereocenters. The maximum Gasteiger partial charge on any atom is 0.247 e. The van der Waals surface area contributed by atoms with Gasteiger partial charge in [-0.25, -0.2) is 22.2 Å². The Bertz CT molecular complexity index is 740. The molecule has 4 nitrogen and oxygen atoms in total. The van der Waals surface area contributed by atoms with Crippen molar-refractivity contribution in [1.29, 1.82) is 0 Å². The number of primary sulfonamides is 1. The molecule has 1 aromatic heterocycles. The van der Waals surface area contributed by atoms with Crippen LogP contribution in [0.4, 0.5) is 4.39 Å². The molecule has 0 radical (unpaired) electrons. The minimum atomic E-state index is -3.83. The third-order valence-electron chi connectivity index (χ3n) is 2.11. The van der Waals surface area contributed by atoms with Crippen molar-refractivity contribution >= 4 is 48.1 Å². The SMILES string of the molecule is NS(=O)(=O)c1cc(Br)c([S@](=O)c2ccc(F)cc2)s1. The van der Waals surface area contributed by atoms with Gasteiger partial charge >= 0.3 is 0 Å². The number of halogens is 2. The Labute approximate surface area is 124 Å². The predicted octanol–water partition coefficient (Wildman–Crippen LogP) is 2.46. The smallest absolute Gasteiger partial charge is 0.247 e. The number of nitrogens with two attached hydrogens (primary N) is 1. The summed E-state index contributed by atoms with van der Waals surface area (Å²) in [6.45, 7) is 0. The Hall–Kier alpha value is -0.610. The molecule has 0 aliphatic rings. The van der Waals surface area contributed by atoms with Gasteiger partial charge in [0.1, 0.15) is 14.2 Å². The van der Waals surface area contributed by atoms with Crippen LogP contribution in [0.1, 0.15) is 0 Å². The lowest BCUT2D eigenvalue weighted by Crippen LogP contribution is -2.09. The molecule has 2 N–H and O–H groups in total. The van der Waals surface area contributed by atoms with Crippen molar-refractivity contribution in [2.24, 2.45) is 5.14 Å². The van der Waals surface area contributed by atoms with Gasteiger partial charge in [-0.1, -0.05) is 0 Å². The van der Waals surface area contributed by atoms with Gasteiger partial charge in [-0.15, -0.1) is 11.3 Å². The minimum absolute atomic E-state index is 0.0789. The zero-order valence-corrected chi connectivity index (χ0v) is 13.2. The summed E-state index contributed by atoms with van der Waals surface area (Å²) in [5.74, 6) is -0.434. The van der Waals surface area contributed by atoms with E-state index in [0.29, 0.717) is 13.6 Å². The highest BCUT2D eigenvalue weighted by Gasteiger charge is 2.20. The minimum Gasteiger partial charge on any atom is -0.248 e. The second-order valence-electron chi connectivity index (χ2n) is 3.47. The van der Waals surface area contributed by atoms with Gasteiger partial charge in [0.15, 0.2) is 0 Å². The number of thiophene rings is 1. The molecule has 1 atom stereocenters. The lowest BCUT2D eigenvalue weighted by molar-refractivity contribution is 0.599. The molecule has 0 aliphatic carbocycles. The first-order chi connectivity index (χ1) is 8.79. The molecule has 0 bridgehead atoms. The third kappa shape index (κ3) is 3.29. The molecule has 1 heterocycles. The largest absolute Gasteiger partial charge is 0.248 e. The maximum atomic E-state index is 12.8. The first kappa shape index (κ1) is 14.8. The molecule has 0 aliphatic heterocycles. The fraction of sp³-hybridized carbons (Fsp3) is 0. The summed E-state index contributed by atoms with van der Waals surface area (Å²) in [5.41, 5.74) is 0. The Morgan fingerprint density at radius 1 is 1.26 bits per heavy atom. The predicted molar refractivity (Wildman–Crippen MR) is 74.5 cm³/mol. The normalized spacial score (nSPS) is 13.4. The van der Waals surface area contributed by atoms with E-state index in [1.807, 2.05) is 0 Å². The van der Waals surface area contributed by atoms with Crippen molar-refractivity contribution in [2.75, 3.05) is 0 Å². The van der Waals surface area contributed by atoms with E-state index in [-0.39, 0.29) is 4.21 Å². The zero-order valence-electron chi connectivity index (χ0n) is 9.17. The zero-order chi connectivity index (χ0) is 14.2. The molecule has 2 rings (SSSR count). The van der Waals surface area contributed by atoms with Crippen molar-refractivity contribution in [2.45, 2.75) is 13.3 Å². The van der Waals surface area contributed by atoms with E-state index in [4.69, 9.17) is 5.14 Å². The lowest BCUT2D eigenvalue weighted by atomic mass is 10.4. The van der Waals surface area contributed by atoms with Gasteiger partial charge in [-0.2, -0.15) is 0 Å². The van der Waals surface area contributed by atoms with Gasteiger partial charge in [0.2, 0.25) is 10.0 Å². The highest BCUT2D eigenvalue weighted by atomic mass is 79.9. The van der Waals surface area contributed by atoms with Crippen LogP contribution in [0.2, 0.25) is 0 Å². The van der Waals surface area contributed by atoms with Gasteiger partial charge in [-0.05, 0) is 46.3 Å². The molecule has 102 valence electrons. The summed E-state index contributed by atoms with van der Waals surface area (Å²) in [5, 5.41) is 5.01. The fourth-order valence-corrected chi connectivity index (χ4v) is 5.84. The summed E-state index contributed by atoms with van der Waals surface area (Å²) in [6, 6.07) is 6.45. The Morgan fingerprint density at radius 2 is 1.84 bits per heavy atom. The molecule has 0 fully saturated rings. The van der Waals surface area contributed by atoms with Crippen molar-refractivity contribution in [3.05, 3.63) is 40.6 Å². The van der Waals surface area contributed by atoms with Crippen molar-refractivity contribution in [1.82, 2.24) is 0 Å². The maximum absolute atomic E-state index is 12.8. The Morgan fingerprint density at radius 3 is 2.32 bits per heavy atom. The molecule has 2 aromatic rings. The first-order valence-electron chi connectivity index (χ1n) is 4.78. The van der Waals surface area contributed by atoms with Crippen LogP contribution in [0.5, 0.6) is 0 Å². The number of hydrogen-bond donors (Lipinski definition) is 1. The van der Waals surface area contributed by atoms with Crippen LogP contribution in [-0.2, 0) is 20.8 Å². The molecular formula is C10H7BrFNO3S3. The van der Waals surface area contributed by atoms with E-state index in [1.165, 1.54) is 30.3 Å². The highest BCUT2D eigenvalue weighted by molar-refractivity contribution is 9.10. The first-order valence-corrected chi connectivity index (χ1v) is 9.09. The summed E-state index contributed by atoms with van der Waals surface area (Å²) in [7, 11) is -5.43. The van der Waals surface area contributed by atoms with E-state index in [9.17, 15) is 17.0 Å². The molecule has 0 saturated carbocycles. The second kappa shape index (κ2) is 5.41. The van der Waals surface area contributed by atoms with Gasteiger partial charge in [0.05, 0.1) is 10.8 Å². The van der Waals surface area contributed by atoms with Crippen LogP contribution in [0.25, 0.3) is 0 Å². The summed E-state index contributed by atoms with van der Waals surface area (Å²) < 4.78 is 48.1. The fourth-order valence-electron chi connectivity index (χ4n) is 1.26. The van der Waals surface area contributed by atoms with Crippen molar-refractivity contribution in [3.63, 3.8) is 0 Å². The van der Waals surface area contributed by atoms with Gasteiger partial charge in [0, 0.05) is 9.37 Å². The van der Waals surface area contributed by atoms with Crippen LogP contribution in [0.3, 0.4) is 0 Å². The second-order valence-corrected chi connectivity index (χ2v) is 8.84. The molecule has 1 aromatic carbocycles. The van der Waals surface area contributed by atoms with Crippen molar-refractivity contribution in [3.8, 4) is 0 Å². The standard InChI is InChI=1S/C10H7BrFNO3S3/c11-8-5-9(19(13,15)16)17-10(8)18(14)7-3-1-6(12)2-4-7/h1-5H,(H2,13,15,16)/t18-/m1/s1. The highest BCUT2D eigenvalue weighted by Crippen LogP contribution is 2.34. The molecule has 9 heteroatoms. The Kier molecular flexibility index (Phi) is 4.21. The van der Waals surface area contributed by atoms with E-state index >= 15 is 0 Å². The van der Waals surface area contributed by atoms with Gasteiger partial charge < -0.3 is 0 Å². The monoisotopic (exact) mass is 383 g/mol. The van der Waals surface area contributed by atoms with E-state index in [1.54, 1.807) is 0 Å². The molecule has 0 amide bonds.